The Kier molecular flexibility index (Phi) is 10.2. The third-order valence-electron chi connectivity index (χ3n) is 4.26. The van der Waals surface area contributed by atoms with Gasteiger partial charge >= 0.3 is 0 Å². The van der Waals surface area contributed by atoms with Crippen molar-refractivity contribution in [3.63, 3.8) is 0 Å². The molecular weight excluding hydrogens is 380 g/mol. The molecule has 2 aromatic rings. The first-order chi connectivity index (χ1) is 14.6. The van der Waals surface area contributed by atoms with Gasteiger partial charge in [-0.25, -0.2) is 4.99 Å². The van der Waals surface area contributed by atoms with Crippen LogP contribution in [0.4, 0.5) is 0 Å². The van der Waals surface area contributed by atoms with E-state index >= 15 is 0 Å². The first-order valence-corrected chi connectivity index (χ1v) is 10.2. The monoisotopic (exact) mass is 412 g/mol. The first-order valence-electron chi connectivity index (χ1n) is 10.2. The third kappa shape index (κ3) is 8.13. The number of hydrogen-bond donors (Lipinski definition) is 3. The molecule has 0 saturated heterocycles. The number of aliphatic imine (C=N–C) groups is 1. The van der Waals surface area contributed by atoms with E-state index in [2.05, 4.69) is 20.9 Å². The number of guanidine groups is 1. The highest BCUT2D eigenvalue weighted by Gasteiger charge is 2.06. The van der Waals surface area contributed by atoms with Gasteiger partial charge in [0.1, 0.15) is 12.4 Å². The number of methoxy groups -OCH3 is 1. The van der Waals surface area contributed by atoms with E-state index in [1.54, 1.807) is 19.2 Å². The molecule has 1 amide bonds. The lowest BCUT2D eigenvalue weighted by Gasteiger charge is -2.14. The van der Waals surface area contributed by atoms with Crippen LogP contribution in [0, 0.1) is 6.92 Å². The van der Waals surface area contributed by atoms with Gasteiger partial charge in [-0.3, -0.25) is 4.79 Å². The molecule has 0 heterocycles. The molecule has 0 radical (unpaired) electrons. The summed E-state index contributed by atoms with van der Waals surface area (Å²) in [4.78, 5) is 16.7. The molecule has 0 spiro atoms. The van der Waals surface area contributed by atoms with E-state index in [0.717, 1.165) is 23.4 Å². The lowest BCUT2D eigenvalue weighted by molar-refractivity contribution is 0.0954. The van der Waals surface area contributed by atoms with Gasteiger partial charge in [-0.15, -0.1) is 0 Å². The molecule has 30 heavy (non-hydrogen) atoms. The molecule has 2 aromatic carbocycles. The molecule has 0 aromatic heterocycles. The van der Waals surface area contributed by atoms with Crippen LogP contribution in [0.15, 0.2) is 53.5 Å². The van der Waals surface area contributed by atoms with Crippen molar-refractivity contribution >= 4 is 11.9 Å². The van der Waals surface area contributed by atoms with Crippen molar-refractivity contribution in [2.45, 2.75) is 20.4 Å². The maximum atomic E-state index is 12.1. The Morgan fingerprint density at radius 1 is 1.00 bits per heavy atom. The van der Waals surface area contributed by atoms with Gasteiger partial charge in [0.15, 0.2) is 5.96 Å². The van der Waals surface area contributed by atoms with Gasteiger partial charge < -0.3 is 25.4 Å². The molecule has 0 fully saturated rings. The number of amides is 1. The van der Waals surface area contributed by atoms with Crippen LogP contribution in [-0.2, 0) is 11.3 Å². The molecule has 0 atom stereocenters. The van der Waals surface area contributed by atoms with Gasteiger partial charge in [-0.1, -0.05) is 30.3 Å². The molecule has 2 rings (SSSR count). The van der Waals surface area contributed by atoms with Crippen molar-refractivity contribution in [2.75, 3.05) is 40.0 Å². The standard InChI is InChI=1S/C23H32N4O3/c1-4-24-23(26-13-12-25-22(28)19-8-6-5-7-9-19)27-17-20-11-10-18(2)16-21(20)30-15-14-29-3/h5-11,16H,4,12-15,17H2,1-3H3,(H,25,28)(H2,24,26,27). The van der Waals surface area contributed by atoms with Crippen molar-refractivity contribution in [3.05, 3.63) is 65.2 Å². The topological polar surface area (TPSA) is 84.0 Å². The second-order valence-corrected chi connectivity index (χ2v) is 6.70. The van der Waals surface area contributed by atoms with E-state index in [1.807, 2.05) is 50.2 Å². The molecule has 0 aliphatic heterocycles. The summed E-state index contributed by atoms with van der Waals surface area (Å²) in [6.45, 7) is 7.36. The Bertz CT molecular complexity index is 809. The highest BCUT2D eigenvalue weighted by atomic mass is 16.5. The molecule has 0 saturated carbocycles. The van der Waals surface area contributed by atoms with Crippen molar-refractivity contribution in [3.8, 4) is 5.75 Å². The quantitative estimate of drug-likeness (QED) is 0.300. The summed E-state index contributed by atoms with van der Waals surface area (Å²) in [5.41, 5.74) is 2.79. The van der Waals surface area contributed by atoms with Gasteiger partial charge in [-0.2, -0.15) is 0 Å². The van der Waals surface area contributed by atoms with Crippen molar-refractivity contribution < 1.29 is 14.3 Å². The summed E-state index contributed by atoms with van der Waals surface area (Å²) >= 11 is 0. The summed E-state index contributed by atoms with van der Waals surface area (Å²) in [6, 6.07) is 15.3. The SMILES string of the molecule is CCNC(=NCc1ccc(C)cc1OCCOC)NCCNC(=O)c1ccccc1. The number of rotatable bonds is 11. The Balaban J connectivity index is 1.88. The summed E-state index contributed by atoms with van der Waals surface area (Å²) in [5.74, 6) is 1.42. The zero-order valence-corrected chi connectivity index (χ0v) is 18.0. The average Bonchev–Trinajstić information content (AvgIpc) is 2.76. The Labute approximate surface area is 178 Å². The Morgan fingerprint density at radius 2 is 1.77 bits per heavy atom. The van der Waals surface area contributed by atoms with E-state index in [4.69, 9.17) is 9.47 Å². The fourth-order valence-electron chi connectivity index (χ4n) is 2.72. The highest BCUT2D eigenvalue weighted by molar-refractivity contribution is 5.94. The molecule has 7 nitrogen and oxygen atoms in total. The molecule has 162 valence electrons. The summed E-state index contributed by atoms with van der Waals surface area (Å²) in [5, 5.41) is 9.36. The Morgan fingerprint density at radius 3 is 2.50 bits per heavy atom. The normalized spacial score (nSPS) is 11.1. The predicted octanol–water partition coefficient (Wildman–Crippen LogP) is 2.51. The van der Waals surface area contributed by atoms with Crippen molar-refractivity contribution in [2.24, 2.45) is 4.99 Å². The fourth-order valence-corrected chi connectivity index (χ4v) is 2.72. The lowest BCUT2D eigenvalue weighted by atomic mass is 10.1. The molecule has 0 aliphatic carbocycles. The smallest absolute Gasteiger partial charge is 0.251 e. The molecule has 3 N–H and O–H groups in total. The number of aryl methyl sites for hydroxylation is 1. The van der Waals surface area contributed by atoms with Crippen molar-refractivity contribution in [1.29, 1.82) is 0 Å². The minimum atomic E-state index is -0.0863. The van der Waals surface area contributed by atoms with Crippen LogP contribution >= 0.6 is 0 Å². The Hall–Kier alpha value is -3.06. The summed E-state index contributed by atoms with van der Waals surface area (Å²) in [6.07, 6.45) is 0. The summed E-state index contributed by atoms with van der Waals surface area (Å²) < 4.78 is 10.9. The zero-order chi connectivity index (χ0) is 21.6. The number of nitrogens with one attached hydrogen (secondary N) is 3. The van der Waals surface area contributed by atoms with Crippen LogP contribution in [0.1, 0.15) is 28.4 Å². The van der Waals surface area contributed by atoms with Gasteiger partial charge in [0.2, 0.25) is 0 Å². The van der Waals surface area contributed by atoms with Crippen LogP contribution in [0.3, 0.4) is 0 Å². The van der Waals surface area contributed by atoms with E-state index in [1.165, 1.54) is 0 Å². The highest BCUT2D eigenvalue weighted by Crippen LogP contribution is 2.21. The van der Waals surface area contributed by atoms with E-state index < -0.39 is 0 Å². The predicted molar refractivity (Wildman–Crippen MR) is 120 cm³/mol. The minimum absolute atomic E-state index is 0.0863. The first kappa shape index (κ1) is 23.2. The second-order valence-electron chi connectivity index (χ2n) is 6.70. The van der Waals surface area contributed by atoms with Crippen LogP contribution in [0.2, 0.25) is 0 Å². The second kappa shape index (κ2) is 13.2. The minimum Gasteiger partial charge on any atom is -0.491 e. The largest absolute Gasteiger partial charge is 0.491 e. The van der Waals surface area contributed by atoms with Gasteiger partial charge in [0.25, 0.3) is 5.91 Å². The van der Waals surface area contributed by atoms with Gasteiger partial charge in [0, 0.05) is 37.9 Å². The van der Waals surface area contributed by atoms with E-state index in [-0.39, 0.29) is 5.91 Å². The molecular formula is C23H32N4O3. The average molecular weight is 413 g/mol. The maximum Gasteiger partial charge on any atom is 0.251 e. The number of ether oxygens (including phenoxy) is 2. The van der Waals surface area contributed by atoms with Crippen LogP contribution in [0.25, 0.3) is 0 Å². The van der Waals surface area contributed by atoms with E-state index in [9.17, 15) is 4.79 Å². The number of carbonyl (C=O) groups is 1. The molecule has 7 heteroatoms. The van der Waals surface area contributed by atoms with Gasteiger partial charge in [0.05, 0.1) is 13.2 Å². The zero-order valence-electron chi connectivity index (χ0n) is 18.0. The van der Waals surface area contributed by atoms with Gasteiger partial charge in [-0.05, 0) is 37.6 Å². The van der Waals surface area contributed by atoms with Crippen LogP contribution < -0.4 is 20.7 Å². The van der Waals surface area contributed by atoms with Crippen LogP contribution in [-0.4, -0.2) is 51.8 Å². The molecule has 0 aliphatic rings. The van der Waals surface area contributed by atoms with Crippen molar-refractivity contribution in [1.82, 2.24) is 16.0 Å². The number of carbonyl (C=O) groups excluding carboxylic acids is 1. The van der Waals surface area contributed by atoms with E-state index in [0.29, 0.717) is 44.4 Å². The number of benzene rings is 2. The molecule has 0 unspecified atom stereocenters. The third-order valence-corrected chi connectivity index (χ3v) is 4.26. The number of nitrogens with zero attached hydrogens (tertiary/aromatic N) is 1. The lowest BCUT2D eigenvalue weighted by Crippen LogP contribution is -2.41. The fraction of sp³-hybridized carbons (Fsp3) is 0.391. The molecule has 0 bridgehead atoms. The summed E-state index contributed by atoms with van der Waals surface area (Å²) in [7, 11) is 1.65. The number of hydrogen-bond acceptors (Lipinski definition) is 4. The maximum absolute atomic E-state index is 12.1. The van der Waals surface area contributed by atoms with Crippen LogP contribution in [0.5, 0.6) is 5.75 Å².